The predicted molar refractivity (Wildman–Crippen MR) is 399 cm³/mol. The second-order valence-electron chi connectivity index (χ2n) is 24.7. The number of sulfonamides is 3. The van der Waals surface area contributed by atoms with Gasteiger partial charge in [0.15, 0.2) is 5.13 Å². The molecule has 3 fully saturated rings. The molecule has 0 saturated carbocycles. The number of carbonyl (C=O) groups excluding carboxylic acids is 3. The maximum absolute atomic E-state index is 14.5. The van der Waals surface area contributed by atoms with Gasteiger partial charge in [0, 0.05) is 149 Å². The number of hydrogen-bond acceptors (Lipinski definition) is 19. The van der Waals surface area contributed by atoms with Crippen molar-refractivity contribution >= 4 is 110 Å². The maximum atomic E-state index is 14.5. The Labute approximate surface area is 601 Å². The summed E-state index contributed by atoms with van der Waals surface area (Å²) < 4.78 is 111. The molecule has 31 heteroatoms. The topological polar surface area (TPSA) is 301 Å². The van der Waals surface area contributed by atoms with Crippen LogP contribution >= 0.6 is 11.3 Å². The van der Waals surface area contributed by atoms with Crippen LogP contribution in [0.5, 0.6) is 0 Å². The highest BCUT2D eigenvalue weighted by Gasteiger charge is 2.37. The highest BCUT2D eigenvalue weighted by Crippen LogP contribution is 2.37. The molecule has 3 saturated heterocycles. The molecule has 3 amide bonds. The van der Waals surface area contributed by atoms with Gasteiger partial charge in [-0.05, 0) is 159 Å². The van der Waals surface area contributed by atoms with Crippen LogP contribution < -0.4 is 34.2 Å². The number of aromatic nitrogens is 6. The van der Waals surface area contributed by atoms with Gasteiger partial charge in [0.2, 0.25) is 17.7 Å². The minimum absolute atomic E-state index is 0. The third kappa shape index (κ3) is 16.7. The van der Waals surface area contributed by atoms with Crippen molar-refractivity contribution in [2.24, 2.45) is 0 Å². The Morgan fingerprint density at radius 2 is 1.12 bits per heavy atom. The van der Waals surface area contributed by atoms with E-state index in [2.05, 4.69) is 70.2 Å². The summed E-state index contributed by atoms with van der Waals surface area (Å²) >= 11 is 1.21. The molecule has 0 radical (unpaired) electrons. The number of nitrogens with one attached hydrogen (secondary N) is 5. The fraction of sp³-hybridized carbons (Fsp3) is 0.268. The van der Waals surface area contributed by atoms with Crippen LogP contribution in [0.4, 0.5) is 48.3 Å². The van der Waals surface area contributed by atoms with E-state index in [-0.39, 0.29) is 74.8 Å². The minimum atomic E-state index is -3.76. The summed E-state index contributed by atoms with van der Waals surface area (Å²) in [6.45, 7) is 12.3. The summed E-state index contributed by atoms with van der Waals surface area (Å²) in [5.74, 6) is -0.665. The Balaban J connectivity index is 0.000000219. The molecule has 1 aliphatic carbocycles. The lowest BCUT2D eigenvalue weighted by Gasteiger charge is -2.42. The van der Waals surface area contributed by atoms with Crippen LogP contribution in [0.15, 0.2) is 209 Å². The molecule has 7 heterocycles. The first-order valence-electron chi connectivity index (χ1n) is 32.9. The van der Waals surface area contributed by atoms with E-state index in [1.807, 2.05) is 41.8 Å². The molecule has 2 unspecified atom stereocenters. The second-order valence-corrected chi connectivity index (χ2v) is 30.7. The van der Waals surface area contributed by atoms with E-state index >= 15 is 0 Å². The van der Waals surface area contributed by atoms with Crippen LogP contribution in [0.1, 0.15) is 56.4 Å². The molecule has 14 rings (SSSR count). The average molecular weight is 1470 g/mol. The molecular weight excluding hydrogens is 1390 g/mol. The van der Waals surface area contributed by atoms with Gasteiger partial charge in [-0.2, -0.15) is 0 Å². The molecule has 4 aromatic heterocycles. The van der Waals surface area contributed by atoms with Crippen LogP contribution in [0, 0.1) is 11.6 Å². The summed E-state index contributed by atoms with van der Waals surface area (Å²) in [4.78, 5) is 73.9. The van der Waals surface area contributed by atoms with E-state index in [1.165, 1.54) is 78.5 Å². The number of anilines is 7. The molecule has 25 nitrogen and oxygen atoms in total. The SMILES string of the molecule is CC(Nc1cccc(F)c1)C(=O)N1CCN(c2ccc(S(=O)(=O)Nc3ccncn3)cc2)CC1.C[C@H](C(=O)N1CCN(c2ccc(S(=O)(=O)Nc3nccs3)cc2)C[C@@H]1C)c1c[nH]c2cccc(F)c12.O=C(C1Cc2ccccc21)N1CCN(c2ccc(S(=O)(=O)Nc3ccncn3)cc2)CC1.[HH].[HH].[HH].[HH].[HH]. The zero-order chi connectivity index (χ0) is 71.7. The Hall–Kier alpha value is -10.6. The fourth-order valence-electron chi connectivity index (χ4n) is 12.7. The third-order valence-corrected chi connectivity index (χ3v) is 23.1. The number of hydrogen-bond donors (Lipinski definition) is 5. The number of amides is 3. The number of H-pyrrole nitrogens is 1. The molecule has 0 bridgehead atoms. The van der Waals surface area contributed by atoms with Crippen molar-refractivity contribution in [3.63, 3.8) is 0 Å². The van der Waals surface area contributed by atoms with Gasteiger partial charge < -0.3 is 39.7 Å². The van der Waals surface area contributed by atoms with Crippen molar-refractivity contribution in [2.45, 2.75) is 65.8 Å². The normalized spacial score (nSPS) is 16.8. The first-order chi connectivity index (χ1) is 49.1. The van der Waals surface area contributed by atoms with Crippen molar-refractivity contribution in [3.8, 4) is 0 Å². The lowest BCUT2D eigenvalue weighted by atomic mass is 9.77. The predicted octanol–water partition coefficient (Wildman–Crippen LogP) is 10.5. The number of aromatic amines is 1. The first kappa shape index (κ1) is 71.2. The number of rotatable bonds is 18. The Morgan fingerprint density at radius 1 is 0.578 bits per heavy atom. The third-order valence-electron chi connectivity index (χ3n) is 18.2. The summed E-state index contributed by atoms with van der Waals surface area (Å²) in [6, 6.07) is 41.5. The van der Waals surface area contributed by atoms with Crippen molar-refractivity contribution in [1.29, 1.82) is 0 Å². The van der Waals surface area contributed by atoms with Gasteiger partial charge in [0.1, 0.15) is 42.0 Å². The largest absolute Gasteiger partial charge is 0.374 e. The van der Waals surface area contributed by atoms with Gasteiger partial charge in [0.05, 0.1) is 26.5 Å². The standard InChI is InChI=1S/C25H26FN5O3S2.C23H25FN6O3S.C23H23N5O3S.5H2/c1-16-15-30(18-6-8-19(9-7-18)36(33,34)29-25-27-10-13-35-25)11-12-31(16)24(32)17(2)20-14-28-22-5-3-4-21(26)23(20)22;1-17(27-19-4-2-3-18(24)15-19)23(31)30-13-11-29(12-14-30)20-5-7-21(8-6-20)34(32,33)28-22-9-10-25-16-26-22;29-23(21-15-17-3-1-2-4-20(17)21)28-13-11-27(12-14-28)18-5-7-19(8-6-18)32(30,31)26-22-9-10-24-16-25-22;;;;;/h3-10,13-14,16-17,28H,11-12,15H2,1-2H3,(H,27,29);2-10,15-17,27H,11-14H2,1H3,(H,25,26,28);1-10,16,21H,11-15H2,(H,24,25,26);5*1H/t16-,17-;;;;;;;/m0......./s1. The monoisotopic (exact) mass is 1470 g/mol. The van der Waals surface area contributed by atoms with Crippen LogP contribution in [0.3, 0.4) is 0 Å². The van der Waals surface area contributed by atoms with Gasteiger partial charge in [-0.3, -0.25) is 28.5 Å². The smallest absolute Gasteiger partial charge is 0.263 e. The van der Waals surface area contributed by atoms with Crippen molar-refractivity contribution < 1.29 is 55.6 Å². The second kappa shape index (κ2) is 31.1. The number of fused-ring (bicyclic) bond motifs is 2. The molecule has 5 N–H and O–H groups in total. The van der Waals surface area contributed by atoms with Crippen LogP contribution in [0.2, 0.25) is 0 Å². The highest BCUT2D eigenvalue weighted by molar-refractivity contribution is 7.93. The molecule has 4 aliphatic rings. The fourth-order valence-corrected chi connectivity index (χ4v) is 16.5. The van der Waals surface area contributed by atoms with E-state index in [1.54, 1.807) is 120 Å². The summed E-state index contributed by atoms with van der Waals surface area (Å²) in [5.41, 5.74) is 7.02. The van der Waals surface area contributed by atoms with E-state index in [0.717, 1.165) is 29.0 Å². The Bertz CT molecular complexity index is 4960. The highest BCUT2D eigenvalue weighted by atomic mass is 32.2. The molecule has 540 valence electrons. The van der Waals surface area contributed by atoms with Crippen LogP contribution in [0.25, 0.3) is 10.9 Å². The van der Waals surface area contributed by atoms with Crippen LogP contribution in [-0.4, -0.2) is 172 Å². The quantitative estimate of drug-likeness (QED) is 0.0533. The van der Waals surface area contributed by atoms with Crippen LogP contribution in [-0.2, 0) is 50.9 Å². The van der Waals surface area contributed by atoms with Crippen molar-refractivity contribution in [1.82, 2.24) is 44.6 Å². The van der Waals surface area contributed by atoms with E-state index < -0.39 is 42.0 Å². The summed E-state index contributed by atoms with van der Waals surface area (Å²) in [6.07, 6.45) is 9.57. The summed E-state index contributed by atoms with van der Waals surface area (Å²) in [7, 11) is -11.2. The number of halogens is 2. The number of piperazine rings is 3. The molecule has 102 heavy (non-hydrogen) atoms. The molecule has 6 aromatic carbocycles. The molecule has 4 atom stereocenters. The minimum Gasteiger partial charge on any atom is -0.374 e. The maximum Gasteiger partial charge on any atom is 0.263 e. The zero-order valence-electron chi connectivity index (χ0n) is 55.8. The molecule has 3 aliphatic heterocycles. The first-order valence-corrected chi connectivity index (χ1v) is 38.2. The van der Waals surface area contributed by atoms with E-state index in [9.17, 15) is 48.4 Å². The van der Waals surface area contributed by atoms with E-state index in [4.69, 9.17) is 0 Å². The molecule has 0 spiro atoms. The lowest BCUT2D eigenvalue weighted by molar-refractivity contribution is -0.135. The number of carbonyl (C=O) groups is 3. The van der Waals surface area contributed by atoms with Crippen molar-refractivity contribution in [2.75, 3.05) is 106 Å². The lowest BCUT2D eigenvalue weighted by Crippen LogP contribution is -2.55. The Morgan fingerprint density at radius 3 is 1.65 bits per heavy atom. The number of thiazole rings is 1. The molecular formula is C71H84F2N16O9S4. The average Bonchev–Trinajstić information content (AvgIpc) is 1.76. The number of nitrogens with zero attached hydrogens (tertiary/aromatic N) is 11. The van der Waals surface area contributed by atoms with Gasteiger partial charge in [-0.15, -0.1) is 11.3 Å². The van der Waals surface area contributed by atoms with Gasteiger partial charge in [0.25, 0.3) is 30.1 Å². The zero-order valence-corrected chi connectivity index (χ0v) is 59.0. The van der Waals surface area contributed by atoms with E-state index in [0.29, 0.717) is 99.3 Å². The van der Waals surface area contributed by atoms with Gasteiger partial charge >= 0.3 is 0 Å². The Kier molecular flexibility index (Phi) is 21.7. The van der Waals surface area contributed by atoms with Gasteiger partial charge in [-0.1, -0.05) is 36.4 Å². The van der Waals surface area contributed by atoms with Gasteiger partial charge in [-0.25, -0.2) is 59.0 Å². The summed E-state index contributed by atoms with van der Waals surface area (Å²) in [5, 5.41) is 5.53. The molecule has 10 aromatic rings. The number of benzene rings is 6. The van der Waals surface area contributed by atoms with Crippen molar-refractivity contribution in [3.05, 3.63) is 223 Å².